The molecule has 3 aliphatic rings. The first kappa shape index (κ1) is 46.2. The van der Waals surface area contributed by atoms with Crippen molar-refractivity contribution < 1.29 is 99.9 Å². The lowest BCUT2D eigenvalue weighted by molar-refractivity contribution is -0.365. The van der Waals surface area contributed by atoms with Crippen LogP contribution >= 0.6 is 0 Å². The van der Waals surface area contributed by atoms with E-state index in [0.717, 1.165) is 55.4 Å². The van der Waals surface area contributed by atoms with Crippen LogP contribution in [-0.4, -0.2) is 147 Å². The van der Waals surface area contributed by atoms with Gasteiger partial charge in [0.15, 0.2) is 49.2 Å². The molecule has 22 nitrogen and oxygen atoms in total. The SMILES string of the molecule is CC(=O)OC[C@H]1O[C@H](O[C@H]2[C@H](OC(C)=O)[C@@H](OC(C)=O)[C@@H](O[C@H]3C=C[C@H](C#N)O[C@@H]3COC(C)=O)O[C@@H]2COC(C)=O)[C@H](OC(C)=O)[C@@H](OC(C)=O)[C@@H]1OC(C)=O. The Kier molecular flexibility index (Phi) is 17.3. The van der Waals surface area contributed by atoms with Crippen LogP contribution in [0.5, 0.6) is 0 Å². The first-order valence-corrected chi connectivity index (χ1v) is 17.4. The molecule has 0 N–H and O–H groups in total. The number of nitrogens with zero attached hydrogens (tertiary/aromatic N) is 1. The molecular weight excluding hydrogens is 770 g/mol. The number of rotatable bonds is 15. The number of hydrogen-bond donors (Lipinski definition) is 0. The highest BCUT2D eigenvalue weighted by atomic mass is 16.8. The molecule has 0 saturated carbocycles. The van der Waals surface area contributed by atoms with Crippen LogP contribution in [0.3, 0.4) is 0 Å². The van der Waals surface area contributed by atoms with Gasteiger partial charge in [0.2, 0.25) is 0 Å². The third kappa shape index (κ3) is 14.0. The van der Waals surface area contributed by atoms with E-state index in [4.69, 9.17) is 61.6 Å². The maximum absolute atomic E-state index is 12.7. The van der Waals surface area contributed by atoms with Gasteiger partial charge >= 0.3 is 47.8 Å². The van der Waals surface area contributed by atoms with E-state index in [1.165, 1.54) is 12.2 Å². The van der Waals surface area contributed by atoms with Crippen molar-refractivity contribution in [3.8, 4) is 6.07 Å². The predicted molar refractivity (Wildman–Crippen MR) is 178 cm³/mol. The molecule has 0 aromatic rings. The van der Waals surface area contributed by atoms with E-state index in [0.29, 0.717) is 0 Å². The van der Waals surface area contributed by atoms with Crippen LogP contribution in [0.4, 0.5) is 0 Å². The highest BCUT2D eigenvalue weighted by Gasteiger charge is 2.58. The second kappa shape index (κ2) is 21.4. The van der Waals surface area contributed by atoms with E-state index in [1.54, 1.807) is 0 Å². The molecule has 22 heteroatoms. The van der Waals surface area contributed by atoms with Crippen LogP contribution in [-0.2, 0) is 99.9 Å². The third-order valence-corrected chi connectivity index (χ3v) is 7.92. The minimum absolute atomic E-state index is 0.396. The fraction of sp³-hybridized carbons (Fsp3) is 0.686. The Morgan fingerprint density at radius 1 is 0.456 bits per heavy atom. The lowest BCUT2D eigenvalue weighted by Crippen LogP contribution is -2.67. The molecule has 0 radical (unpaired) electrons. The molecule has 3 heterocycles. The Morgan fingerprint density at radius 2 is 0.825 bits per heavy atom. The average Bonchev–Trinajstić information content (AvgIpc) is 3.09. The van der Waals surface area contributed by atoms with Crippen LogP contribution in [0.1, 0.15) is 55.4 Å². The van der Waals surface area contributed by atoms with Crippen LogP contribution in [0.25, 0.3) is 0 Å². The normalized spacial score (nSPS) is 31.9. The first-order chi connectivity index (χ1) is 26.8. The molecule has 0 unspecified atom stereocenters. The van der Waals surface area contributed by atoms with Crippen molar-refractivity contribution in [2.45, 2.75) is 135 Å². The van der Waals surface area contributed by atoms with Gasteiger partial charge in [-0.15, -0.1) is 0 Å². The minimum atomic E-state index is -1.88. The van der Waals surface area contributed by atoms with E-state index in [9.17, 15) is 43.6 Å². The second-order valence-electron chi connectivity index (χ2n) is 12.7. The van der Waals surface area contributed by atoms with Gasteiger partial charge in [-0.05, 0) is 6.08 Å². The molecule has 3 rings (SSSR count). The number of nitriles is 1. The fourth-order valence-electron chi connectivity index (χ4n) is 5.92. The van der Waals surface area contributed by atoms with E-state index >= 15 is 0 Å². The largest absolute Gasteiger partial charge is 0.463 e. The zero-order valence-corrected chi connectivity index (χ0v) is 32.3. The predicted octanol–water partition coefficient (Wildman–Crippen LogP) is -0.598. The van der Waals surface area contributed by atoms with Gasteiger partial charge in [0.1, 0.15) is 50.3 Å². The fourth-order valence-corrected chi connectivity index (χ4v) is 5.92. The van der Waals surface area contributed by atoms with Gasteiger partial charge in [0.25, 0.3) is 0 Å². The second-order valence-corrected chi connectivity index (χ2v) is 12.7. The summed E-state index contributed by atoms with van der Waals surface area (Å²) in [7, 11) is 0. The van der Waals surface area contributed by atoms with Crippen molar-refractivity contribution in [3.63, 3.8) is 0 Å². The Morgan fingerprint density at radius 3 is 1.25 bits per heavy atom. The van der Waals surface area contributed by atoms with Crippen molar-refractivity contribution in [3.05, 3.63) is 12.2 Å². The molecule has 0 aromatic heterocycles. The maximum Gasteiger partial charge on any atom is 0.303 e. The van der Waals surface area contributed by atoms with Crippen molar-refractivity contribution in [1.29, 1.82) is 5.26 Å². The molecule has 0 aliphatic carbocycles. The maximum atomic E-state index is 12.7. The average molecular weight is 816 g/mol. The van der Waals surface area contributed by atoms with Crippen LogP contribution in [0, 0.1) is 11.3 Å². The molecule has 0 bridgehead atoms. The molecule has 0 amide bonds. The summed E-state index contributed by atoms with van der Waals surface area (Å²) in [6.45, 7) is 6.70. The highest BCUT2D eigenvalue weighted by molar-refractivity contribution is 5.69. The molecule has 0 aromatic carbocycles. The van der Waals surface area contributed by atoms with Gasteiger partial charge in [-0.25, -0.2) is 0 Å². The van der Waals surface area contributed by atoms with Crippen LogP contribution in [0.2, 0.25) is 0 Å². The van der Waals surface area contributed by atoms with Gasteiger partial charge in [0, 0.05) is 55.4 Å². The van der Waals surface area contributed by atoms with Gasteiger partial charge in [-0.2, -0.15) is 5.26 Å². The van der Waals surface area contributed by atoms with Gasteiger partial charge in [-0.1, -0.05) is 6.08 Å². The summed E-state index contributed by atoms with van der Waals surface area (Å²) >= 11 is 0. The quantitative estimate of drug-likeness (QED) is 0.113. The van der Waals surface area contributed by atoms with Crippen molar-refractivity contribution in [2.75, 3.05) is 19.8 Å². The molecule has 57 heavy (non-hydrogen) atoms. The smallest absolute Gasteiger partial charge is 0.303 e. The summed E-state index contributed by atoms with van der Waals surface area (Å²) in [5, 5.41) is 9.44. The van der Waals surface area contributed by atoms with E-state index in [2.05, 4.69) is 0 Å². The number of carbonyl (C=O) groups is 8. The molecular formula is C35H45NO21. The molecule has 2 fully saturated rings. The van der Waals surface area contributed by atoms with E-state index < -0.39 is 147 Å². The Balaban J connectivity index is 2.17. The lowest BCUT2D eigenvalue weighted by Gasteiger charge is -2.49. The molecule has 3 aliphatic heterocycles. The summed E-state index contributed by atoms with van der Waals surface area (Å²) in [6.07, 6.45) is -17.3. The van der Waals surface area contributed by atoms with E-state index in [-0.39, 0.29) is 0 Å². The summed E-state index contributed by atoms with van der Waals surface area (Å²) in [5.41, 5.74) is 0. The Bertz CT molecular complexity index is 1570. The zero-order valence-electron chi connectivity index (χ0n) is 32.3. The number of esters is 8. The molecule has 2 saturated heterocycles. The minimum Gasteiger partial charge on any atom is -0.463 e. The van der Waals surface area contributed by atoms with Crippen molar-refractivity contribution >= 4 is 47.8 Å². The van der Waals surface area contributed by atoms with Gasteiger partial charge in [-0.3, -0.25) is 38.4 Å². The standard InChI is InChI=1S/C35H45NO21/c1-15(37)45-12-25-24(10-9-23(11-36)53-25)54-34-32(51-21(7)43)31(50-20(6)42)29(27(55-34)14-47-17(3)39)57-35-33(52-22(8)44)30(49-19(5)41)28(48-18(4)40)26(56-35)13-46-16(2)38/h9-10,23-35H,12-14H2,1-8H3/t23-,24+,25-,26-,27-,28-,29-,30+,31+,32-,33-,34+,35-/m1/s1. The van der Waals surface area contributed by atoms with Gasteiger partial charge < -0.3 is 61.6 Å². The molecule has 316 valence electrons. The summed E-state index contributed by atoms with van der Waals surface area (Å²) in [4.78, 5) is 97.9. The lowest BCUT2D eigenvalue weighted by atomic mass is 9.95. The topological polar surface area (TPSA) is 280 Å². The summed E-state index contributed by atoms with van der Waals surface area (Å²) < 4.78 is 73.5. The Hall–Kier alpha value is -5.21. The molecule has 13 atom stereocenters. The third-order valence-electron chi connectivity index (χ3n) is 7.92. The number of ether oxygens (including phenoxy) is 13. The highest BCUT2D eigenvalue weighted by Crippen LogP contribution is 2.36. The van der Waals surface area contributed by atoms with Gasteiger partial charge in [0.05, 0.1) is 6.07 Å². The van der Waals surface area contributed by atoms with Crippen molar-refractivity contribution in [1.82, 2.24) is 0 Å². The van der Waals surface area contributed by atoms with E-state index in [1.807, 2.05) is 6.07 Å². The molecule has 0 spiro atoms. The van der Waals surface area contributed by atoms with Crippen molar-refractivity contribution in [2.24, 2.45) is 0 Å². The van der Waals surface area contributed by atoms with Crippen LogP contribution in [0.15, 0.2) is 12.2 Å². The van der Waals surface area contributed by atoms with Crippen LogP contribution < -0.4 is 0 Å². The Labute approximate surface area is 326 Å². The summed E-state index contributed by atoms with van der Waals surface area (Å²) in [5.74, 6) is -6.94. The number of carbonyl (C=O) groups excluding carboxylic acids is 8. The zero-order chi connectivity index (χ0) is 42.6. The first-order valence-electron chi connectivity index (χ1n) is 17.4. The summed E-state index contributed by atoms with van der Waals surface area (Å²) in [6, 6.07) is 1.90. The monoisotopic (exact) mass is 815 g/mol. The number of hydrogen-bond acceptors (Lipinski definition) is 22.